The first-order chi connectivity index (χ1) is 6.57. The highest BCUT2D eigenvalue weighted by atomic mass is 16.5. The SMILES string of the molecule is COCC(NCC1(C)COC1)C(=O)O. The lowest BCUT2D eigenvalue weighted by atomic mass is 9.88. The molecule has 0 amide bonds. The van der Waals surface area contributed by atoms with Gasteiger partial charge in [0, 0.05) is 19.1 Å². The normalized spacial score (nSPS) is 21.3. The third-order valence-corrected chi connectivity index (χ3v) is 2.31. The van der Waals surface area contributed by atoms with Gasteiger partial charge >= 0.3 is 5.97 Å². The molecule has 0 aromatic heterocycles. The van der Waals surface area contributed by atoms with Crippen LogP contribution in [0.5, 0.6) is 0 Å². The van der Waals surface area contributed by atoms with E-state index in [-0.39, 0.29) is 12.0 Å². The Morgan fingerprint density at radius 2 is 2.36 bits per heavy atom. The lowest BCUT2D eigenvalue weighted by molar-refractivity contribution is -0.142. The predicted octanol–water partition coefficient (Wildman–Crippen LogP) is -0.288. The van der Waals surface area contributed by atoms with Crippen LogP contribution in [0.2, 0.25) is 0 Å². The molecule has 82 valence electrons. The molecule has 1 atom stereocenters. The summed E-state index contributed by atoms with van der Waals surface area (Å²) in [6.07, 6.45) is 0. The van der Waals surface area contributed by atoms with Gasteiger partial charge in [-0.3, -0.25) is 4.79 Å². The summed E-state index contributed by atoms with van der Waals surface area (Å²) in [6, 6.07) is -0.627. The Bertz CT molecular complexity index is 203. The van der Waals surface area contributed by atoms with Crippen LogP contribution in [0.25, 0.3) is 0 Å². The molecule has 0 aromatic carbocycles. The number of carboxylic acids is 1. The molecule has 0 radical (unpaired) electrons. The number of methoxy groups -OCH3 is 1. The van der Waals surface area contributed by atoms with Crippen molar-refractivity contribution in [3.05, 3.63) is 0 Å². The number of aliphatic carboxylic acids is 1. The van der Waals surface area contributed by atoms with Gasteiger partial charge < -0.3 is 19.9 Å². The summed E-state index contributed by atoms with van der Waals surface area (Å²) in [4.78, 5) is 10.7. The minimum absolute atomic E-state index is 0.0848. The van der Waals surface area contributed by atoms with Gasteiger partial charge in [-0.15, -0.1) is 0 Å². The molecule has 1 heterocycles. The minimum Gasteiger partial charge on any atom is -0.480 e. The molecule has 1 aliphatic rings. The van der Waals surface area contributed by atoms with Crippen molar-refractivity contribution in [2.75, 3.05) is 33.5 Å². The summed E-state index contributed by atoms with van der Waals surface area (Å²) >= 11 is 0. The van der Waals surface area contributed by atoms with Gasteiger partial charge in [-0.2, -0.15) is 0 Å². The van der Waals surface area contributed by atoms with E-state index in [0.29, 0.717) is 19.8 Å². The Balaban J connectivity index is 2.28. The molecule has 0 saturated carbocycles. The van der Waals surface area contributed by atoms with Gasteiger partial charge in [-0.25, -0.2) is 0 Å². The molecule has 1 rings (SSSR count). The fourth-order valence-electron chi connectivity index (χ4n) is 1.31. The molecular formula is C9H17NO4. The number of ether oxygens (including phenoxy) is 2. The predicted molar refractivity (Wildman–Crippen MR) is 50.2 cm³/mol. The van der Waals surface area contributed by atoms with E-state index in [0.717, 1.165) is 0 Å². The zero-order chi connectivity index (χ0) is 10.6. The number of nitrogens with one attached hydrogen (secondary N) is 1. The molecule has 0 aliphatic carbocycles. The Hall–Kier alpha value is -0.650. The first-order valence-corrected chi connectivity index (χ1v) is 4.60. The first kappa shape index (κ1) is 11.4. The van der Waals surface area contributed by atoms with Crippen molar-refractivity contribution in [1.82, 2.24) is 5.32 Å². The van der Waals surface area contributed by atoms with Crippen molar-refractivity contribution in [3.63, 3.8) is 0 Å². The molecule has 1 aliphatic heterocycles. The van der Waals surface area contributed by atoms with Crippen molar-refractivity contribution in [3.8, 4) is 0 Å². The highest BCUT2D eigenvalue weighted by molar-refractivity contribution is 5.73. The van der Waals surface area contributed by atoms with E-state index in [1.807, 2.05) is 0 Å². The molecule has 0 bridgehead atoms. The minimum atomic E-state index is -0.879. The van der Waals surface area contributed by atoms with Gasteiger partial charge in [-0.05, 0) is 0 Å². The maximum atomic E-state index is 10.7. The lowest BCUT2D eigenvalue weighted by Crippen LogP contribution is -2.52. The maximum Gasteiger partial charge on any atom is 0.323 e. The summed E-state index contributed by atoms with van der Waals surface area (Å²) < 4.78 is 9.88. The fraction of sp³-hybridized carbons (Fsp3) is 0.889. The molecule has 14 heavy (non-hydrogen) atoms. The molecule has 1 saturated heterocycles. The number of hydrogen-bond donors (Lipinski definition) is 2. The topological polar surface area (TPSA) is 67.8 Å². The van der Waals surface area contributed by atoms with Crippen LogP contribution in [-0.4, -0.2) is 50.6 Å². The highest BCUT2D eigenvalue weighted by Crippen LogP contribution is 2.25. The Labute approximate surface area is 83.4 Å². The third kappa shape index (κ3) is 2.94. The Kier molecular flexibility index (Phi) is 3.86. The van der Waals surface area contributed by atoms with Crippen LogP contribution in [-0.2, 0) is 14.3 Å². The van der Waals surface area contributed by atoms with Gasteiger partial charge in [0.15, 0.2) is 0 Å². The first-order valence-electron chi connectivity index (χ1n) is 4.60. The fourth-order valence-corrected chi connectivity index (χ4v) is 1.31. The maximum absolute atomic E-state index is 10.7. The van der Waals surface area contributed by atoms with Gasteiger partial charge in [0.1, 0.15) is 6.04 Å². The van der Waals surface area contributed by atoms with Crippen LogP contribution >= 0.6 is 0 Å². The molecule has 5 heteroatoms. The van der Waals surface area contributed by atoms with Crippen LogP contribution in [0.1, 0.15) is 6.92 Å². The number of carbonyl (C=O) groups is 1. The van der Waals surface area contributed by atoms with Crippen LogP contribution in [0.3, 0.4) is 0 Å². The molecule has 0 spiro atoms. The third-order valence-electron chi connectivity index (χ3n) is 2.31. The average molecular weight is 203 g/mol. The van der Waals surface area contributed by atoms with Gasteiger partial charge in [0.25, 0.3) is 0 Å². The number of rotatable bonds is 6. The number of hydrogen-bond acceptors (Lipinski definition) is 4. The Morgan fingerprint density at radius 3 is 2.71 bits per heavy atom. The van der Waals surface area contributed by atoms with Crippen molar-refractivity contribution >= 4 is 5.97 Å². The van der Waals surface area contributed by atoms with Crippen LogP contribution < -0.4 is 5.32 Å². The zero-order valence-corrected chi connectivity index (χ0v) is 8.58. The van der Waals surface area contributed by atoms with Gasteiger partial charge in [0.2, 0.25) is 0 Å². The standard InChI is InChI=1S/C9H17NO4/c1-9(5-14-6-9)4-10-7(3-13-2)8(11)12/h7,10H,3-6H2,1-2H3,(H,11,12). The largest absolute Gasteiger partial charge is 0.480 e. The van der Waals surface area contributed by atoms with Crippen molar-refractivity contribution in [1.29, 1.82) is 0 Å². The quantitative estimate of drug-likeness (QED) is 0.621. The average Bonchev–Trinajstić information content (AvgIpc) is 2.08. The van der Waals surface area contributed by atoms with Crippen LogP contribution in [0.15, 0.2) is 0 Å². The zero-order valence-electron chi connectivity index (χ0n) is 8.58. The smallest absolute Gasteiger partial charge is 0.323 e. The van der Waals surface area contributed by atoms with E-state index in [9.17, 15) is 4.79 Å². The molecule has 1 unspecified atom stereocenters. The Morgan fingerprint density at radius 1 is 1.71 bits per heavy atom. The van der Waals surface area contributed by atoms with E-state index >= 15 is 0 Å². The molecule has 0 aromatic rings. The van der Waals surface area contributed by atoms with Crippen molar-refractivity contribution in [2.24, 2.45) is 5.41 Å². The van der Waals surface area contributed by atoms with Crippen LogP contribution in [0, 0.1) is 5.41 Å². The second-order valence-corrected chi connectivity index (χ2v) is 4.03. The van der Waals surface area contributed by atoms with E-state index in [4.69, 9.17) is 14.6 Å². The van der Waals surface area contributed by atoms with Crippen molar-refractivity contribution in [2.45, 2.75) is 13.0 Å². The molecule has 2 N–H and O–H groups in total. The van der Waals surface area contributed by atoms with E-state index in [1.165, 1.54) is 7.11 Å². The summed E-state index contributed by atoms with van der Waals surface area (Å²) in [6.45, 7) is 4.29. The molecule has 5 nitrogen and oxygen atoms in total. The summed E-state index contributed by atoms with van der Waals surface area (Å²) in [5.41, 5.74) is 0.0848. The second kappa shape index (κ2) is 4.72. The monoisotopic (exact) mass is 203 g/mol. The van der Waals surface area contributed by atoms with E-state index in [1.54, 1.807) is 0 Å². The summed E-state index contributed by atoms with van der Waals surface area (Å²) in [7, 11) is 1.49. The van der Waals surface area contributed by atoms with Crippen molar-refractivity contribution < 1.29 is 19.4 Å². The lowest BCUT2D eigenvalue weighted by Gasteiger charge is -2.38. The van der Waals surface area contributed by atoms with E-state index in [2.05, 4.69) is 12.2 Å². The van der Waals surface area contributed by atoms with E-state index < -0.39 is 12.0 Å². The molecular weight excluding hydrogens is 186 g/mol. The molecule has 1 fully saturated rings. The van der Waals surface area contributed by atoms with Crippen LogP contribution in [0.4, 0.5) is 0 Å². The summed E-state index contributed by atoms with van der Waals surface area (Å²) in [5, 5.41) is 11.8. The highest BCUT2D eigenvalue weighted by Gasteiger charge is 2.34. The van der Waals surface area contributed by atoms with Gasteiger partial charge in [0.05, 0.1) is 19.8 Å². The summed E-state index contributed by atoms with van der Waals surface area (Å²) in [5.74, 6) is -0.879. The second-order valence-electron chi connectivity index (χ2n) is 4.03. The number of carboxylic acid groups (broad SMARTS) is 1. The van der Waals surface area contributed by atoms with Gasteiger partial charge in [-0.1, -0.05) is 6.92 Å².